The molecule has 0 aliphatic carbocycles. The summed E-state index contributed by atoms with van der Waals surface area (Å²) in [7, 11) is 0. The highest BCUT2D eigenvalue weighted by Gasteiger charge is 2.23. The lowest BCUT2D eigenvalue weighted by atomic mass is 10.2. The minimum absolute atomic E-state index is 0.406. The van der Waals surface area contributed by atoms with E-state index >= 15 is 0 Å². The Hall–Kier alpha value is -2.31. The quantitative estimate of drug-likeness (QED) is 0.826. The number of hydrogen-bond acceptors (Lipinski definition) is 8. The molecule has 0 spiro atoms. The summed E-state index contributed by atoms with van der Waals surface area (Å²) < 4.78 is 0.910. The molecular weight excluding hydrogens is 344 g/mol. The number of thioether (sulfide) groups is 1. The molecule has 7 nitrogen and oxygen atoms in total. The molecule has 9 heteroatoms. The lowest BCUT2D eigenvalue weighted by molar-refractivity contribution is 0.1000. The fraction of sp³-hybridized carbons (Fsp3) is 0.333. The highest BCUT2D eigenvalue weighted by atomic mass is 32.2. The molecule has 1 fully saturated rings. The Labute approximate surface area is 148 Å². The molecule has 0 aromatic carbocycles. The topological polar surface area (TPSA) is 99.1 Å². The van der Waals surface area contributed by atoms with Gasteiger partial charge in [-0.15, -0.1) is 0 Å². The van der Waals surface area contributed by atoms with Crippen molar-refractivity contribution in [1.82, 2.24) is 9.97 Å². The van der Waals surface area contributed by atoms with Crippen LogP contribution in [-0.2, 0) is 0 Å². The zero-order valence-corrected chi connectivity index (χ0v) is 14.7. The first-order valence-corrected chi connectivity index (χ1v) is 9.37. The number of carbonyl (C=O) groups excluding carboxylic acids is 1. The van der Waals surface area contributed by atoms with Crippen LogP contribution in [0.2, 0.25) is 0 Å². The molecule has 3 rings (SSSR count). The maximum Gasteiger partial charge on any atom is 0.250 e. The summed E-state index contributed by atoms with van der Waals surface area (Å²) in [5.74, 6) is 1.13. The van der Waals surface area contributed by atoms with Gasteiger partial charge < -0.3 is 15.5 Å². The van der Waals surface area contributed by atoms with Crippen LogP contribution in [0.15, 0.2) is 22.7 Å². The van der Waals surface area contributed by atoms with Crippen molar-refractivity contribution in [3.05, 3.63) is 28.8 Å². The summed E-state index contributed by atoms with van der Waals surface area (Å²) in [6.07, 6.45) is 3.46. The van der Waals surface area contributed by atoms with Gasteiger partial charge in [-0.05, 0) is 18.4 Å². The SMILES string of the molecule is CSc1nc(N2CCN(c3ccc(C(N)=O)cn3)CC2)c(C#N)s1. The van der Waals surface area contributed by atoms with E-state index in [9.17, 15) is 10.1 Å². The zero-order chi connectivity index (χ0) is 17.1. The number of rotatable bonds is 4. The van der Waals surface area contributed by atoms with Crippen LogP contribution in [0.1, 0.15) is 15.2 Å². The molecule has 2 aromatic rings. The minimum Gasteiger partial charge on any atom is -0.366 e. The molecular formula is C15H16N6OS2. The average Bonchev–Trinajstić information content (AvgIpc) is 3.05. The summed E-state index contributed by atoms with van der Waals surface area (Å²) in [5.41, 5.74) is 5.64. The Morgan fingerprint density at radius 2 is 2.04 bits per heavy atom. The van der Waals surface area contributed by atoms with Crippen molar-refractivity contribution in [2.24, 2.45) is 5.73 Å². The minimum atomic E-state index is -0.476. The Bertz CT molecular complexity index is 774. The van der Waals surface area contributed by atoms with Gasteiger partial charge >= 0.3 is 0 Å². The molecule has 2 aromatic heterocycles. The van der Waals surface area contributed by atoms with Gasteiger partial charge in [-0.1, -0.05) is 23.1 Å². The van der Waals surface area contributed by atoms with E-state index in [4.69, 9.17) is 5.73 Å². The first-order valence-electron chi connectivity index (χ1n) is 7.33. The molecule has 1 amide bonds. The maximum absolute atomic E-state index is 11.1. The Morgan fingerprint density at radius 1 is 1.33 bits per heavy atom. The second-order valence-corrected chi connectivity index (χ2v) is 7.24. The summed E-state index contributed by atoms with van der Waals surface area (Å²) in [6, 6.07) is 5.74. The summed E-state index contributed by atoms with van der Waals surface area (Å²) in [6.45, 7) is 3.09. The van der Waals surface area contributed by atoms with Gasteiger partial charge in [0, 0.05) is 32.4 Å². The van der Waals surface area contributed by atoms with E-state index in [0.717, 1.165) is 42.2 Å². The molecule has 0 unspecified atom stereocenters. The largest absolute Gasteiger partial charge is 0.366 e. The number of pyridine rings is 1. The fourth-order valence-electron chi connectivity index (χ4n) is 2.53. The molecule has 1 saturated heterocycles. The predicted octanol–water partition coefficient (Wildman–Crippen LogP) is 1.56. The number of piperazine rings is 1. The van der Waals surface area contributed by atoms with Crippen LogP contribution in [0, 0.1) is 11.3 Å². The molecule has 124 valence electrons. The standard InChI is InChI=1S/C15H16N6OS2/c1-23-15-19-14(11(8-16)24-15)21-6-4-20(5-7-21)12-3-2-10(9-18-12)13(17)22/h2-3,9H,4-7H2,1H3,(H2,17,22). The molecule has 0 atom stereocenters. The van der Waals surface area contributed by atoms with Gasteiger partial charge in [0.1, 0.15) is 16.8 Å². The van der Waals surface area contributed by atoms with E-state index in [2.05, 4.69) is 25.8 Å². The van der Waals surface area contributed by atoms with Gasteiger partial charge in [-0.25, -0.2) is 9.97 Å². The van der Waals surface area contributed by atoms with Crippen LogP contribution in [-0.4, -0.2) is 48.3 Å². The molecule has 0 saturated carbocycles. The Balaban J connectivity index is 1.68. The van der Waals surface area contributed by atoms with Crippen LogP contribution in [0.25, 0.3) is 0 Å². The number of aromatic nitrogens is 2. The van der Waals surface area contributed by atoms with Gasteiger partial charge in [0.05, 0.1) is 5.56 Å². The summed E-state index contributed by atoms with van der Waals surface area (Å²) >= 11 is 2.99. The number of nitrogens with two attached hydrogens (primary N) is 1. The number of nitrogens with zero attached hydrogens (tertiary/aromatic N) is 5. The third-order valence-electron chi connectivity index (χ3n) is 3.80. The number of amides is 1. The number of anilines is 2. The number of thiazole rings is 1. The molecule has 2 N–H and O–H groups in total. The lowest BCUT2D eigenvalue weighted by Gasteiger charge is -2.35. The highest BCUT2D eigenvalue weighted by molar-refractivity contribution is 8.00. The van der Waals surface area contributed by atoms with Crippen molar-refractivity contribution in [2.45, 2.75) is 4.34 Å². The van der Waals surface area contributed by atoms with Crippen LogP contribution >= 0.6 is 23.1 Å². The Morgan fingerprint density at radius 3 is 2.58 bits per heavy atom. The number of primary amides is 1. The third-order valence-corrected chi connectivity index (χ3v) is 5.74. The van der Waals surface area contributed by atoms with Crippen molar-refractivity contribution in [1.29, 1.82) is 5.26 Å². The van der Waals surface area contributed by atoms with Crippen molar-refractivity contribution in [3.8, 4) is 6.07 Å². The second-order valence-electron chi connectivity index (χ2n) is 5.19. The number of hydrogen-bond donors (Lipinski definition) is 1. The van der Waals surface area contributed by atoms with Gasteiger partial charge in [-0.3, -0.25) is 4.79 Å². The lowest BCUT2D eigenvalue weighted by Crippen LogP contribution is -2.47. The second kappa shape index (κ2) is 7.07. The number of nitriles is 1. The molecule has 0 bridgehead atoms. The summed E-state index contributed by atoms with van der Waals surface area (Å²) in [4.78, 5) is 24.9. The molecule has 1 aliphatic heterocycles. The van der Waals surface area contributed by atoms with Crippen LogP contribution in [0.5, 0.6) is 0 Å². The monoisotopic (exact) mass is 360 g/mol. The van der Waals surface area contributed by atoms with E-state index in [1.165, 1.54) is 17.5 Å². The molecule has 24 heavy (non-hydrogen) atoms. The van der Waals surface area contributed by atoms with Gasteiger partial charge in [0.25, 0.3) is 0 Å². The van der Waals surface area contributed by atoms with E-state index in [1.807, 2.05) is 12.3 Å². The van der Waals surface area contributed by atoms with E-state index < -0.39 is 5.91 Å². The van der Waals surface area contributed by atoms with Crippen molar-refractivity contribution in [3.63, 3.8) is 0 Å². The highest BCUT2D eigenvalue weighted by Crippen LogP contribution is 2.31. The Kier molecular flexibility index (Phi) is 4.87. The van der Waals surface area contributed by atoms with Crippen molar-refractivity contribution in [2.75, 3.05) is 42.2 Å². The normalized spacial score (nSPS) is 14.5. The fourth-order valence-corrected chi connectivity index (χ4v) is 3.91. The smallest absolute Gasteiger partial charge is 0.250 e. The van der Waals surface area contributed by atoms with Gasteiger partial charge in [0.15, 0.2) is 10.2 Å². The van der Waals surface area contributed by atoms with Gasteiger partial charge in [-0.2, -0.15) is 5.26 Å². The molecule has 3 heterocycles. The van der Waals surface area contributed by atoms with Crippen LogP contribution < -0.4 is 15.5 Å². The van der Waals surface area contributed by atoms with Crippen LogP contribution in [0.3, 0.4) is 0 Å². The molecule has 1 aliphatic rings. The van der Waals surface area contributed by atoms with Gasteiger partial charge in [0.2, 0.25) is 5.91 Å². The third kappa shape index (κ3) is 3.29. The average molecular weight is 360 g/mol. The van der Waals surface area contributed by atoms with E-state index in [-0.39, 0.29) is 0 Å². The first-order chi connectivity index (χ1) is 11.6. The van der Waals surface area contributed by atoms with E-state index in [0.29, 0.717) is 10.4 Å². The first kappa shape index (κ1) is 16.5. The number of carbonyl (C=O) groups is 1. The molecule has 0 radical (unpaired) electrons. The zero-order valence-electron chi connectivity index (χ0n) is 13.1. The van der Waals surface area contributed by atoms with E-state index in [1.54, 1.807) is 17.8 Å². The van der Waals surface area contributed by atoms with Crippen molar-refractivity contribution < 1.29 is 4.79 Å². The van der Waals surface area contributed by atoms with Crippen LogP contribution in [0.4, 0.5) is 11.6 Å². The van der Waals surface area contributed by atoms with Crippen molar-refractivity contribution >= 4 is 40.6 Å². The maximum atomic E-state index is 11.1. The summed E-state index contributed by atoms with van der Waals surface area (Å²) in [5, 5.41) is 9.29. The predicted molar refractivity (Wildman–Crippen MR) is 95.8 cm³/mol.